The number of nitriles is 1. The minimum atomic E-state index is -2.03. The quantitative estimate of drug-likeness (QED) is 0.642. The highest BCUT2D eigenvalue weighted by atomic mass is 28.4. The van der Waals surface area contributed by atoms with E-state index in [4.69, 9.17) is 14.4 Å². The monoisotopic (exact) mass is 295 g/mol. The number of nitrogens with zero attached hydrogens (tertiary/aromatic N) is 1. The molecular weight excluding hydrogens is 270 g/mol. The predicted octanol–water partition coefficient (Wildman–Crippen LogP) is 2.77. The number of ether oxygens (including phenoxy) is 1. The normalized spacial score (nSPS) is 29.5. The molecule has 20 heavy (non-hydrogen) atoms. The molecule has 0 aromatic rings. The number of aliphatic hydroxyl groups is 1. The van der Waals surface area contributed by atoms with Gasteiger partial charge in [0.15, 0.2) is 8.32 Å². The summed E-state index contributed by atoms with van der Waals surface area (Å²) in [5, 5.41) is 19.3. The van der Waals surface area contributed by atoms with Crippen LogP contribution in [0, 0.1) is 11.3 Å². The molecule has 0 unspecified atom stereocenters. The third-order valence-corrected chi connectivity index (χ3v) is 8.67. The van der Waals surface area contributed by atoms with Gasteiger partial charge in [0.25, 0.3) is 0 Å². The van der Waals surface area contributed by atoms with Crippen molar-refractivity contribution in [3.05, 3.63) is 23.8 Å². The van der Waals surface area contributed by atoms with E-state index in [0.29, 0.717) is 5.57 Å². The summed E-state index contributed by atoms with van der Waals surface area (Å²) in [5.41, 5.74) is 0.574. The van der Waals surface area contributed by atoms with Crippen molar-refractivity contribution >= 4 is 8.32 Å². The van der Waals surface area contributed by atoms with Crippen LogP contribution >= 0.6 is 0 Å². The Morgan fingerprint density at radius 3 is 2.45 bits per heavy atom. The second kappa shape index (κ2) is 6.23. The number of methoxy groups -OCH3 is 1. The topological polar surface area (TPSA) is 62.5 Å². The van der Waals surface area contributed by atoms with Crippen LogP contribution in [0.5, 0.6) is 0 Å². The van der Waals surface area contributed by atoms with Crippen molar-refractivity contribution in [2.24, 2.45) is 0 Å². The van der Waals surface area contributed by atoms with Crippen molar-refractivity contribution in [3.63, 3.8) is 0 Å². The first-order valence-electron chi connectivity index (χ1n) is 6.80. The van der Waals surface area contributed by atoms with Crippen molar-refractivity contribution in [1.29, 1.82) is 5.26 Å². The maximum atomic E-state index is 10.4. The number of hydrogen-bond donors (Lipinski definition) is 1. The molecule has 0 radical (unpaired) electrons. The lowest BCUT2D eigenvalue weighted by Crippen LogP contribution is -2.52. The molecule has 0 heterocycles. The molecule has 0 saturated heterocycles. The minimum Gasteiger partial charge on any atom is -0.408 e. The molecule has 0 aliphatic heterocycles. The Morgan fingerprint density at radius 1 is 1.40 bits per heavy atom. The molecule has 1 N–H and O–H groups in total. The van der Waals surface area contributed by atoms with E-state index in [-0.39, 0.29) is 11.1 Å². The van der Waals surface area contributed by atoms with Crippen molar-refractivity contribution in [1.82, 2.24) is 0 Å². The summed E-state index contributed by atoms with van der Waals surface area (Å²) in [4.78, 5) is 0. The van der Waals surface area contributed by atoms with Crippen LogP contribution in [-0.4, -0.2) is 38.8 Å². The molecule has 0 saturated carbocycles. The average Bonchev–Trinajstić information content (AvgIpc) is 2.33. The largest absolute Gasteiger partial charge is 0.408 e. The van der Waals surface area contributed by atoms with Gasteiger partial charge in [-0.3, -0.25) is 0 Å². The van der Waals surface area contributed by atoms with Crippen LogP contribution in [0.2, 0.25) is 18.1 Å². The van der Waals surface area contributed by atoms with Crippen LogP contribution in [0.25, 0.3) is 0 Å². The molecule has 0 bridgehead atoms. The van der Waals surface area contributed by atoms with E-state index >= 15 is 0 Å². The Labute approximate surface area is 122 Å². The molecule has 3 atom stereocenters. The molecule has 4 nitrogen and oxygen atoms in total. The van der Waals surface area contributed by atoms with E-state index in [1.807, 2.05) is 12.1 Å². The van der Waals surface area contributed by atoms with Gasteiger partial charge in [-0.15, -0.1) is 0 Å². The van der Waals surface area contributed by atoms with Gasteiger partial charge in [0.1, 0.15) is 18.3 Å². The molecule has 0 amide bonds. The first-order valence-corrected chi connectivity index (χ1v) is 9.71. The van der Waals surface area contributed by atoms with Crippen LogP contribution in [-0.2, 0) is 9.16 Å². The standard InChI is InChI=1S/C15H25NO3Si/c1-15(2,3)20(5,6)19-14-12(18-4)8-7-11(9-10-16)13(14)17/h7-9,12-14,17H,1-6H3/b11-9-/t12-,13+,14+/m1/s1. The summed E-state index contributed by atoms with van der Waals surface area (Å²) in [5.74, 6) is 0. The summed E-state index contributed by atoms with van der Waals surface area (Å²) in [6.45, 7) is 10.7. The number of rotatable bonds is 3. The molecular formula is C15H25NO3Si. The summed E-state index contributed by atoms with van der Waals surface area (Å²) in [7, 11) is -0.429. The van der Waals surface area contributed by atoms with Gasteiger partial charge in [-0.05, 0) is 23.7 Å². The Kier molecular flexibility index (Phi) is 5.33. The van der Waals surface area contributed by atoms with Crippen molar-refractivity contribution in [2.75, 3.05) is 7.11 Å². The maximum absolute atomic E-state index is 10.4. The van der Waals surface area contributed by atoms with Gasteiger partial charge in [-0.25, -0.2) is 0 Å². The molecule has 1 rings (SSSR count). The van der Waals surface area contributed by atoms with Gasteiger partial charge in [0.05, 0.1) is 6.07 Å². The van der Waals surface area contributed by atoms with Crippen LogP contribution < -0.4 is 0 Å². The maximum Gasteiger partial charge on any atom is 0.192 e. The fourth-order valence-corrected chi connectivity index (χ4v) is 3.15. The van der Waals surface area contributed by atoms with E-state index in [9.17, 15) is 5.11 Å². The van der Waals surface area contributed by atoms with Crippen molar-refractivity contribution in [3.8, 4) is 6.07 Å². The highest BCUT2D eigenvalue weighted by molar-refractivity contribution is 6.74. The Morgan fingerprint density at radius 2 is 2.00 bits per heavy atom. The van der Waals surface area contributed by atoms with Gasteiger partial charge in [-0.2, -0.15) is 5.26 Å². The smallest absolute Gasteiger partial charge is 0.192 e. The van der Waals surface area contributed by atoms with E-state index < -0.39 is 20.5 Å². The lowest BCUT2D eigenvalue weighted by Gasteiger charge is -2.43. The van der Waals surface area contributed by atoms with Gasteiger partial charge >= 0.3 is 0 Å². The van der Waals surface area contributed by atoms with Gasteiger partial charge in [0.2, 0.25) is 0 Å². The predicted molar refractivity (Wildman–Crippen MR) is 81.7 cm³/mol. The lowest BCUT2D eigenvalue weighted by molar-refractivity contribution is -0.0381. The molecule has 0 aromatic heterocycles. The van der Waals surface area contributed by atoms with Crippen molar-refractivity contribution in [2.45, 2.75) is 57.2 Å². The minimum absolute atomic E-state index is 0.0469. The molecule has 0 spiro atoms. The lowest BCUT2D eigenvalue weighted by atomic mass is 9.93. The molecule has 1 aliphatic carbocycles. The number of allylic oxidation sites excluding steroid dienone is 1. The van der Waals surface area contributed by atoms with Crippen LogP contribution in [0.15, 0.2) is 23.8 Å². The third-order valence-electron chi connectivity index (χ3n) is 4.20. The van der Waals surface area contributed by atoms with Gasteiger partial charge < -0.3 is 14.3 Å². The number of aliphatic hydroxyl groups excluding tert-OH is 1. The first-order chi connectivity index (χ1) is 9.14. The van der Waals surface area contributed by atoms with Gasteiger partial charge in [-0.1, -0.05) is 32.9 Å². The second-order valence-electron chi connectivity index (χ2n) is 6.62. The summed E-state index contributed by atoms with van der Waals surface area (Å²) < 4.78 is 11.7. The zero-order valence-electron chi connectivity index (χ0n) is 13.2. The third kappa shape index (κ3) is 3.58. The molecule has 0 fully saturated rings. The molecule has 0 aromatic carbocycles. The highest BCUT2D eigenvalue weighted by Gasteiger charge is 2.43. The summed E-state index contributed by atoms with van der Waals surface area (Å²) in [6.07, 6.45) is 3.33. The zero-order chi connectivity index (χ0) is 15.6. The summed E-state index contributed by atoms with van der Waals surface area (Å²) in [6, 6.07) is 1.96. The fraction of sp³-hybridized carbons (Fsp3) is 0.667. The average molecular weight is 295 g/mol. The SMILES string of the molecule is CO[C@@H]1C=C/C(=C/C#N)[C@H](O)[C@H]1O[Si](C)(C)C(C)(C)C. The second-order valence-corrected chi connectivity index (χ2v) is 11.4. The van der Waals surface area contributed by atoms with E-state index in [1.54, 1.807) is 13.2 Å². The first kappa shape index (κ1) is 17.1. The Bertz CT molecular complexity index is 443. The number of hydrogen-bond acceptors (Lipinski definition) is 4. The zero-order valence-corrected chi connectivity index (χ0v) is 14.2. The Hall–Kier alpha value is -0.933. The molecule has 112 valence electrons. The fourth-order valence-electron chi connectivity index (χ4n) is 1.85. The van der Waals surface area contributed by atoms with Crippen LogP contribution in [0.1, 0.15) is 20.8 Å². The highest BCUT2D eigenvalue weighted by Crippen LogP contribution is 2.39. The summed E-state index contributed by atoms with van der Waals surface area (Å²) >= 11 is 0. The molecule has 1 aliphatic rings. The van der Waals surface area contributed by atoms with E-state index in [1.165, 1.54) is 6.08 Å². The van der Waals surface area contributed by atoms with Crippen LogP contribution in [0.3, 0.4) is 0 Å². The van der Waals surface area contributed by atoms with Crippen molar-refractivity contribution < 1.29 is 14.3 Å². The van der Waals surface area contributed by atoms with E-state index in [2.05, 4.69) is 33.9 Å². The Balaban J connectivity index is 3.05. The molecule has 5 heteroatoms. The van der Waals surface area contributed by atoms with Crippen LogP contribution in [0.4, 0.5) is 0 Å². The van der Waals surface area contributed by atoms with E-state index in [0.717, 1.165) is 0 Å². The van der Waals surface area contributed by atoms with Gasteiger partial charge in [0, 0.05) is 13.2 Å².